The Bertz CT molecular complexity index is 674. The van der Waals surface area contributed by atoms with Crippen LogP contribution in [0.15, 0.2) is 0 Å². The first kappa shape index (κ1) is 24.5. The van der Waals surface area contributed by atoms with Crippen LogP contribution >= 0.6 is 0 Å². The molecule has 13 heteroatoms. The van der Waals surface area contributed by atoms with Gasteiger partial charge in [0, 0.05) is 12.8 Å². The van der Waals surface area contributed by atoms with Gasteiger partial charge in [-0.25, -0.2) is 16.8 Å². The van der Waals surface area contributed by atoms with Crippen LogP contribution in [0.25, 0.3) is 0 Å². The van der Waals surface area contributed by atoms with E-state index in [-0.39, 0.29) is 17.6 Å². The van der Waals surface area contributed by atoms with Crippen molar-refractivity contribution in [2.24, 2.45) is 0 Å². The normalized spacial score (nSPS) is 21.2. The van der Waals surface area contributed by atoms with E-state index in [1.165, 1.54) is 0 Å². The maximum atomic E-state index is 13.1. The van der Waals surface area contributed by atoms with E-state index >= 15 is 0 Å². The number of unbranched alkanes of at least 4 members (excludes halogenated alkanes) is 1. The van der Waals surface area contributed by atoms with Crippen LogP contribution in [0.5, 0.6) is 0 Å². The fraction of sp³-hybridized carbons (Fsp3) is 1.00. The van der Waals surface area contributed by atoms with Crippen molar-refractivity contribution in [3.8, 4) is 0 Å². The van der Waals surface area contributed by atoms with Gasteiger partial charge in [-0.2, -0.15) is 26.3 Å². The molecule has 0 bridgehead atoms. The number of nitrogens with zero attached hydrogens (tertiary/aromatic N) is 1. The molecule has 1 fully saturated rings. The van der Waals surface area contributed by atoms with Crippen molar-refractivity contribution in [1.82, 2.24) is 0 Å². The Morgan fingerprint density at radius 1 is 0.778 bits per heavy atom. The number of piperidine rings is 1. The minimum absolute atomic E-state index is 0.118. The van der Waals surface area contributed by atoms with Crippen LogP contribution in [0.4, 0.5) is 26.3 Å². The number of hydrogen-bond acceptors (Lipinski definition) is 4. The summed E-state index contributed by atoms with van der Waals surface area (Å²) in [5.41, 5.74) is -12.2. The first-order valence-corrected chi connectivity index (χ1v) is 11.5. The molecule has 1 saturated heterocycles. The lowest BCUT2D eigenvalue weighted by Crippen LogP contribution is -2.65. The Hall–Kier alpha value is -0.560. The van der Waals surface area contributed by atoms with Crippen LogP contribution in [0, 0.1) is 0 Å². The molecule has 0 N–H and O–H groups in total. The van der Waals surface area contributed by atoms with Crippen molar-refractivity contribution in [1.29, 1.82) is 0 Å². The van der Waals surface area contributed by atoms with Gasteiger partial charge in [-0.1, -0.05) is 20.3 Å². The second kappa shape index (κ2) is 7.69. The third kappa shape index (κ3) is 4.09. The Labute approximate surface area is 155 Å². The quantitative estimate of drug-likeness (QED) is 0.442. The lowest BCUT2D eigenvalue weighted by molar-refractivity contribution is -0.932. The highest BCUT2D eigenvalue weighted by atomic mass is 32.3. The molecule has 1 aliphatic heterocycles. The zero-order valence-corrected chi connectivity index (χ0v) is 16.7. The SMILES string of the molecule is CCCC[N+]1(CCC)CCC(S(=O)(=O)C(F)(F)F)(S(=O)(=O)C(F)(F)F)CC1. The number of hydrogen-bond donors (Lipinski definition) is 0. The van der Waals surface area contributed by atoms with Crippen LogP contribution in [0.2, 0.25) is 0 Å². The third-order valence-electron chi connectivity index (χ3n) is 5.21. The second-order valence-electron chi connectivity index (χ2n) is 6.90. The molecule has 1 heterocycles. The molecule has 0 aliphatic carbocycles. The van der Waals surface area contributed by atoms with Gasteiger partial charge in [0.25, 0.3) is 19.7 Å². The molecule has 5 nitrogen and oxygen atoms in total. The van der Waals surface area contributed by atoms with Gasteiger partial charge in [0.15, 0.2) is 0 Å². The predicted molar refractivity (Wildman–Crippen MR) is 86.8 cm³/mol. The second-order valence-corrected chi connectivity index (χ2v) is 11.7. The van der Waals surface area contributed by atoms with E-state index in [0.29, 0.717) is 25.9 Å². The monoisotopic (exact) mass is 448 g/mol. The van der Waals surface area contributed by atoms with Crippen molar-refractivity contribution < 1.29 is 47.7 Å². The number of halogens is 6. The summed E-state index contributed by atoms with van der Waals surface area (Å²) in [6.45, 7) is 3.76. The number of likely N-dealkylation sites (tertiary alicyclic amines) is 1. The summed E-state index contributed by atoms with van der Waals surface area (Å²) in [5, 5.41) is 0. The highest BCUT2D eigenvalue weighted by molar-refractivity contribution is 8.11. The van der Waals surface area contributed by atoms with Gasteiger partial charge in [-0.05, 0) is 12.8 Å². The van der Waals surface area contributed by atoms with Gasteiger partial charge in [0.2, 0.25) is 4.08 Å². The molecule has 0 aromatic heterocycles. The van der Waals surface area contributed by atoms with E-state index in [4.69, 9.17) is 0 Å². The van der Waals surface area contributed by atoms with E-state index in [0.717, 1.165) is 6.42 Å². The zero-order chi connectivity index (χ0) is 21.4. The predicted octanol–water partition coefficient (Wildman–Crippen LogP) is 3.37. The summed E-state index contributed by atoms with van der Waals surface area (Å²) in [6, 6.07) is 0. The summed E-state index contributed by atoms with van der Waals surface area (Å²) in [4.78, 5) is 0. The van der Waals surface area contributed by atoms with E-state index < -0.39 is 47.6 Å². The molecular weight excluding hydrogens is 424 g/mol. The van der Waals surface area contributed by atoms with Crippen molar-refractivity contribution >= 4 is 19.7 Å². The highest BCUT2D eigenvalue weighted by Gasteiger charge is 2.74. The molecular formula is C14H24F6NO4S2+. The van der Waals surface area contributed by atoms with Crippen LogP contribution in [0.1, 0.15) is 46.0 Å². The van der Waals surface area contributed by atoms with E-state index in [2.05, 4.69) is 0 Å². The summed E-state index contributed by atoms with van der Waals surface area (Å²) in [7, 11) is -13.2. The minimum Gasteiger partial charge on any atom is -0.323 e. The Morgan fingerprint density at radius 3 is 1.48 bits per heavy atom. The molecule has 0 unspecified atom stereocenters. The lowest BCUT2D eigenvalue weighted by Gasteiger charge is -2.47. The standard InChI is InChI=1S/C14H24F6NO4S2/c1-3-5-9-21(8-4-2)10-6-12(7-11-21,26(22,23)13(15,16)17)27(24,25)14(18,19)20/h3-11H2,1-2H3/q+1. The highest BCUT2D eigenvalue weighted by Crippen LogP contribution is 2.49. The number of alkyl halides is 6. The zero-order valence-electron chi connectivity index (χ0n) is 15.0. The number of sulfone groups is 2. The third-order valence-corrected chi connectivity index (χ3v) is 10.5. The minimum atomic E-state index is -6.61. The fourth-order valence-corrected chi connectivity index (χ4v) is 7.69. The summed E-state index contributed by atoms with van der Waals surface area (Å²) >= 11 is 0. The van der Waals surface area contributed by atoms with Crippen molar-refractivity contribution in [3.63, 3.8) is 0 Å². The summed E-state index contributed by atoms with van der Waals surface area (Å²) < 4.78 is 123. The topological polar surface area (TPSA) is 68.3 Å². The molecule has 162 valence electrons. The smallest absolute Gasteiger partial charge is 0.323 e. The van der Waals surface area contributed by atoms with Gasteiger partial charge in [-0.15, -0.1) is 0 Å². The molecule has 1 aliphatic rings. The maximum Gasteiger partial charge on any atom is 0.498 e. The van der Waals surface area contributed by atoms with Crippen LogP contribution < -0.4 is 0 Å². The van der Waals surface area contributed by atoms with E-state index in [1.807, 2.05) is 6.92 Å². The molecule has 0 spiro atoms. The van der Waals surface area contributed by atoms with Crippen molar-refractivity contribution in [3.05, 3.63) is 0 Å². The molecule has 0 aromatic rings. The Kier molecular flexibility index (Phi) is 6.98. The average Bonchev–Trinajstić information content (AvgIpc) is 2.51. The molecule has 0 radical (unpaired) electrons. The van der Waals surface area contributed by atoms with Gasteiger partial charge < -0.3 is 4.48 Å². The van der Waals surface area contributed by atoms with Gasteiger partial charge in [0.1, 0.15) is 0 Å². The van der Waals surface area contributed by atoms with Crippen LogP contribution in [0.3, 0.4) is 0 Å². The largest absolute Gasteiger partial charge is 0.498 e. The van der Waals surface area contributed by atoms with Gasteiger partial charge in [0.05, 0.1) is 26.2 Å². The first-order valence-electron chi connectivity index (χ1n) is 8.50. The van der Waals surface area contributed by atoms with Crippen LogP contribution in [-0.4, -0.2) is 62.6 Å². The Morgan fingerprint density at radius 2 is 1.19 bits per heavy atom. The molecule has 1 rings (SSSR count). The van der Waals surface area contributed by atoms with Gasteiger partial charge >= 0.3 is 11.0 Å². The molecule has 0 amide bonds. The van der Waals surface area contributed by atoms with Crippen molar-refractivity contribution in [2.75, 3.05) is 26.2 Å². The van der Waals surface area contributed by atoms with Crippen LogP contribution in [-0.2, 0) is 19.7 Å². The lowest BCUT2D eigenvalue weighted by atomic mass is 10.0. The maximum absolute atomic E-state index is 13.1. The molecule has 0 saturated carbocycles. The molecule has 0 aromatic carbocycles. The number of rotatable bonds is 7. The summed E-state index contributed by atoms with van der Waals surface area (Å²) in [6.07, 6.45) is -0.517. The van der Waals surface area contributed by atoms with Crippen molar-refractivity contribution in [2.45, 2.75) is 61.0 Å². The fourth-order valence-electron chi connectivity index (χ4n) is 3.68. The Balaban J connectivity index is 3.51. The molecule has 27 heavy (non-hydrogen) atoms. The van der Waals surface area contributed by atoms with E-state index in [1.54, 1.807) is 6.92 Å². The molecule has 0 atom stereocenters. The summed E-state index contributed by atoms with van der Waals surface area (Å²) in [5.74, 6) is 0. The van der Waals surface area contributed by atoms with Gasteiger partial charge in [-0.3, -0.25) is 0 Å². The number of quaternary nitrogens is 1. The van der Waals surface area contributed by atoms with E-state index in [9.17, 15) is 43.2 Å². The first-order chi connectivity index (χ1) is 12.0. The average molecular weight is 448 g/mol.